The lowest BCUT2D eigenvalue weighted by atomic mass is 10.0. The summed E-state index contributed by atoms with van der Waals surface area (Å²) in [6, 6.07) is 32.6. The molecule has 2 aromatic heterocycles. The van der Waals surface area contributed by atoms with Gasteiger partial charge in [-0.3, -0.25) is 24.5 Å². The maximum atomic E-state index is 14.5. The Balaban J connectivity index is 1.28. The molecule has 3 heterocycles. The highest BCUT2D eigenvalue weighted by Gasteiger charge is 2.34. The van der Waals surface area contributed by atoms with Gasteiger partial charge >= 0.3 is 6.18 Å². The molecule has 0 unspecified atom stereocenters. The van der Waals surface area contributed by atoms with Crippen LogP contribution < -0.4 is 0 Å². The highest BCUT2D eigenvalue weighted by Crippen LogP contribution is 2.29. The van der Waals surface area contributed by atoms with Gasteiger partial charge in [0.1, 0.15) is 6.04 Å². The lowest BCUT2D eigenvalue weighted by Crippen LogP contribution is -2.56. The number of aromatic nitrogens is 2. The summed E-state index contributed by atoms with van der Waals surface area (Å²) < 4.78 is 39.5. The van der Waals surface area contributed by atoms with E-state index in [9.17, 15) is 22.8 Å². The molecule has 0 spiro atoms. The SMILES string of the molecule is O=C([C@H](Cc1ccccc1)N(Cc1ccc(-c2ccccn2)cc1)C(=O)/C=C\c1ccc(C(F)(F)F)cc1)N1CCN(Cc2ccccn2)CC1. The van der Waals surface area contributed by atoms with Crippen LogP contribution >= 0.6 is 0 Å². The summed E-state index contributed by atoms with van der Waals surface area (Å²) in [6.45, 7) is 3.15. The van der Waals surface area contributed by atoms with Gasteiger partial charge in [0, 0.05) is 69.7 Å². The van der Waals surface area contributed by atoms with Crippen LogP contribution in [-0.4, -0.2) is 68.7 Å². The standard InChI is InChI=1S/C41H38F3N5O2/c42-41(43,44)35-19-14-31(15-20-35)16-21-39(50)49(29-33-12-17-34(18-13-33)37-11-5-7-23-46-37)38(28-32-8-2-1-3-9-32)40(51)48-26-24-47(25-27-48)30-36-10-4-6-22-45-36/h1-23,38H,24-30H2/b21-16-/t38-/m0/s1. The Hall–Kier alpha value is -5.61. The summed E-state index contributed by atoms with van der Waals surface area (Å²) in [5, 5.41) is 0. The van der Waals surface area contributed by atoms with Crippen LogP contribution in [-0.2, 0) is 35.3 Å². The van der Waals surface area contributed by atoms with E-state index in [4.69, 9.17) is 0 Å². The number of carbonyl (C=O) groups is 2. The number of benzene rings is 3. The highest BCUT2D eigenvalue weighted by atomic mass is 19.4. The van der Waals surface area contributed by atoms with Gasteiger partial charge in [-0.05, 0) is 59.2 Å². The normalized spacial score (nSPS) is 14.4. The summed E-state index contributed by atoms with van der Waals surface area (Å²) in [6.07, 6.45) is 2.15. The Labute approximate surface area is 295 Å². The maximum absolute atomic E-state index is 14.5. The molecule has 1 aliphatic rings. The molecule has 6 rings (SSSR count). The molecule has 2 amide bonds. The Bertz CT molecular complexity index is 1900. The minimum atomic E-state index is -4.46. The van der Waals surface area contributed by atoms with Crippen molar-refractivity contribution in [3.8, 4) is 11.3 Å². The van der Waals surface area contributed by atoms with Crippen molar-refractivity contribution in [3.05, 3.63) is 162 Å². The van der Waals surface area contributed by atoms with Crippen LogP contribution in [0.1, 0.15) is 27.9 Å². The molecular formula is C41H38F3N5O2. The first-order valence-corrected chi connectivity index (χ1v) is 16.8. The quantitative estimate of drug-likeness (QED) is 0.138. The van der Waals surface area contributed by atoms with Crippen molar-refractivity contribution in [3.63, 3.8) is 0 Å². The topological polar surface area (TPSA) is 69.6 Å². The van der Waals surface area contributed by atoms with E-state index in [1.54, 1.807) is 17.3 Å². The first-order valence-electron chi connectivity index (χ1n) is 16.8. The van der Waals surface area contributed by atoms with Crippen LogP contribution in [0.15, 0.2) is 134 Å². The lowest BCUT2D eigenvalue weighted by molar-refractivity contribution is -0.145. The number of rotatable bonds is 11. The predicted octanol–water partition coefficient (Wildman–Crippen LogP) is 7.16. The highest BCUT2D eigenvalue weighted by molar-refractivity contribution is 5.95. The number of nitrogens with zero attached hydrogens (tertiary/aromatic N) is 5. The van der Waals surface area contributed by atoms with E-state index in [-0.39, 0.29) is 12.5 Å². The van der Waals surface area contributed by atoms with Gasteiger partial charge in [-0.15, -0.1) is 0 Å². The number of pyridine rings is 2. The largest absolute Gasteiger partial charge is 0.416 e. The zero-order valence-corrected chi connectivity index (χ0v) is 28.0. The molecule has 0 bridgehead atoms. The number of amides is 2. The average molecular weight is 690 g/mol. The summed E-state index contributed by atoms with van der Waals surface area (Å²) in [5.74, 6) is -0.579. The monoisotopic (exact) mass is 689 g/mol. The van der Waals surface area contributed by atoms with E-state index in [0.29, 0.717) is 44.7 Å². The first kappa shape index (κ1) is 35.2. The van der Waals surface area contributed by atoms with Crippen molar-refractivity contribution in [2.24, 2.45) is 0 Å². The van der Waals surface area contributed by atoms with Crippen molar-refractivity contribution in [2.45, 2.75) is 31.7 Å². The van der Waals surface area contributed by atoms with E-state index < -0.39 is 23.7 Å². The molecule has 1 saturated heterocycles. The second kappa shape index (κ2) is 16.4. The number of piperazine rings is 1. The summed E-state index contributed by atoms with van der Waals surface area (Å²) in [4.78, 5) is 43.2. The minimum Gasteiger partial charge on any atom is -0.338 e. The summed E-state index contributed by atoms with van der Waals surface area (Å²) in [7, 11) is 0. The van der Waals surface area contributed by atoms with Crippen molar-refractivity contribution >= 4 is 17.9 Å². The Kier molecular flexibility index (Phi) is 11.3. The molecule has 5 aromatic rings. The molecule has 10 heteroatoms. The lowest BCUT2D eigenvalue weighted by Gasteiger charge is -2.39. The minimum absolute atomic E-state index is 0.140. The molecule has 0 saturated carbocycles. The Morgan fingerprint density at radius 2 is 1.41 bits per heavy atom. The number of halogens is 3. The third kappa shape index (κ3) is 9.55. The molecule has 51 heavy (non-hydrogen) atoms. The summed E-state index contributed by atoms with van der Waals surface area (Å²) in [5.41, 5.74) is 4.08. The average Bonchev–Trinajstić information content (AvgIpc) is 3.16. The van der Waals surface area contributed by atoms with E-state index in [0.717, 1.165) is 40.2 Å². The maximum Gasteiger partial charge on any atom is 0.416 e. The fraction of sp³-hybridized carbons (Fsp3) is 0.220. The van der Waals surface area contributed by atoms with E-state index in [1.165, 1.54) is 24.3 Å². The van der Waals surface area contributed by atoms with Gasteiger partial charge in [0.2, 0.25) is 11.8 Å². The van der Waals surface area contributed by atoms with Crippen LogP contribution in [0.3, 0.4) is 0 Å². The third-order valence-electron chi connectivity index (χ3n) is 8.94. The van der Waals surface area contributed by atoms with Crippen molar-refractivity contribution < 1.29 is 22.8 Å². The second-order valence-electron chi connectivity index (χ2n) is 12.5. The molecule has 0 radical (unpaired) electrons. The van der Waals surface area contributed by atoms with Gasteiger partial charge in [-0.25, -0.2) is 0 Å². The van der Waals surface area contributed by atoms with Gasteiger partial charge < -0.3 is 9.80 Å². The van der Waals surface area contributed by atoms with Gasteiger partial charge in [0.25, 0.3) is 0 Å². The molecular weight excluding hydrogens is 651 g/mol. The van der Waals surface area contributed by atoms with E-state index >= 15 is 0 Å². The molecule has 1 atom stereocenters. The van der Waals surface area contributed by atoms with Gasteiger partial charge in [0.15, 0.2) is 0 Å². The van der Waals surface area contributed by atoms with Crippen LogP contribution in [0.4, 0.5) is 13.2 Å². The summed E-state index contributed by atoms with van der Waals surface area (Å²) >= 11 is 0. The van der Waals surface area contributed by atoms with Crippen LogP contribution in [0, 0.1) is 0 Å². The van der Waals surface area contributed by atoms with Gasteiger partial charge in [0.05, 0.1) is 17.0 Å². The number of hydrogen-bond acceptors (Lipinski definition) is 5. The molecule has 1 aliphatic heterocycles. The van der Waals surface area contributed by atoms with Crippen LogP contribution in [0.5, 0.6) is 0 Å². The van der Waals surface area contributed by atoms with Crippen molar-refractivity contribution in [1.29, 1.82) is 0 Å². The molecule has 7 nitrogen and oxygen atoms in total. The predicted molar refractivity (Wildman–Crippen MR) is 191 cm³/mol. The first-order chi connectivity index (χ1) is 24.7. The smallest absolute Gasteiger partial charge is 0.338 e. The molecule has 0 aliphatic carbocycles. The zero-order chi connectivity index (χ0) is 35.6. The molecule has 0 N–H and O–H groups in total. The van der Waals surface area contributed by atoms with Gasteiger partial charge in [-0.2, -0.15) is 13.2 Å². The fourth-order valence-electron chi connectivity index (χ4n) is 6.13. The molecule has 1 fully saturated rings. The number of carbonyl (C=O) groups excluding carboxylic acids is 2. The third-order valence-corrected chi connectivity index (χ3v) is 8.94. The van der Waals surface area contributed by atoms with Gasteiger partial charge in [-0.1, -0.05) is 78.9 Å². The molecule has 3 aromatic carbocycles. The van der Waals surface area contributed by atoms with Crippen LogP contribution in [0.2, 0.25) is 0 Å². The van der Waals surface area contributed by atoms with E-state index in [1.807, 2.05) is 95.9 Å². The Morgan fingerprint density at radius 3 is 2.04 bits per heavy atom. The molecule has 260 valence electrons. The van der Waals surface area contributed by atoms with Crippen molar-refractivity contribution in [1.82, 2.24) is 24.7 Å². The number of alkyl halides is 3. The zero-order valence-electron chi connectivity index (χ0n) is 28.0. The number of hydrogen-bond donors (Lipinski definition) is 0. The fourth-order valence-corrected chi connectivity index (χ4v) is 6.13. The van der Waals surface area contributed by atoms with Crippen LogP contribution in [0.25, 0.3) is 17.3 Å². The van der Waals surface area contributed by atoms with Crippen molar-refractivity contribution in [2.75, 3.05) is 26.2 Å². The van der Waals surface area contributed by atoms with E-state index in [2.05, 4.69) is 14.9 Å². The second-order valence-corrected chi connectivity index (χ2v) is 12.5. The Morgan fingerprint density at radius 1 is 0.745 bits per heavy atom.